The first-order valence-corrected chi connectivity index (χ1v) is 11.5. The van der Waals surface area contributed by atoms with Crippen LogP contribution in [-0.2, 0) is 7.05 Å². The second-order valence-corrected chi connectivity index (χ2v) is 9.68. The van der Waals surface area contributed by atoms with Crippen LogP contribution in [0.4, 0.5) is 11.4 Å². The van der Waals surface area contributed by atoms with E-state index < -0.39 is 0 Å². The molecule has 0 aliphatic carbocycles. The normalized spacial score (nSPS) is 14.5. The zero-order chi connectivity index (χ0) is 21.3. The standard InChI is InChI=1S/C23H29N5OS/c1-15(2)30-21-17(14-24-22-20(21)16(3)26-27(22)4)23(29)25-18-10-6-7-11-19(18)28-12-8-5-9-13-28/h6-7,10-11,14-15H,5,8-9,12-13H2,1-4H3,(H,25,29). The molecule has 1 fully saturated rings. The van der Waals surface area contributed by atoms with Crippen molar-refractivity contribution in [3.05, 3.63) is 41.7 Å². The molecule has 1 aromatic carbocycles. The van der Waals surface area contributed by atoms with Gasteiger partial charge in [-0.05, 0) is 38.3 Å². The van der Waals surface area contributed by atoms with Gasteiger partial charge in [-0.15, -0.1) is 11.8 Å². The summed E-state index contributed by atoms with van der Waals surface area (Å²) in [5, 5.41) is 8.99. The summed E-state index contributed by atoms with van der Waals surface area (Å²) in [5.74, 6) is -0.125. The topological polar surface area (TPSA) is 63.1 Å². The fourth-order valence-corrected chi connectivity index (χ4v) is 5.18. The van der Waals surface area contributed by atoms with Crippen molar-refractivity contribution in [3.8, 4) is 0 Å². The number of nitrogens with zero attached hydrogens (tertiary/aromatic N) is 4. The number of piperidine rings is 1. The first kappa shape index (κ1) is 20.7. The number of hydrogen-bond donors (Lipinski definition) is 1. The van der Waals surface area contributed by atoms with Crippen molar-refractivity contribution in [2.24, 2.45) is 7.05 Å². The average Bonchev–Trinajstić information content (AvgIpc) is 3.03. The molecule has 4 rings (SSSR count). The van der Waals surface area contributed by atoms with Crippen molar-refractivity contribution in [2.45, 2.75) is 50.2 Å². The van der Waals surface area contributed by atoms with Crippen LogP contribution in [0.2, 0.25) is 0 Å². The number of anilines is 2. The molecule has 1 aliphatic heterocycles. The number of thioether (sulfide) groups is 1. The molecule has 0 bridgehead atoms. The van der Waals surface area contributed by atoms with E-state index in [1.54, 1.807) is 22.6 Å². The summed E-state index contributed by atoms with van der Waals surface area (Å²) in [4.78, 5) is 21.3. The maximum atomic E-state index is 13.4. The third kappa shape index (κ3) is 4.03. The fourth-order valence-electron chi connectivity index (χ4n) is 4.08. The number of benzene rings is 1. The van der Waals surface area contributed by atoms with Crippen LogP contribution in [0.5, 0.6) is 0 Å². The number of amides is 1. The van der Waals surface area contributed by atoms with Crippen LogP contribution >= 0.6 is 11.8 Å². The second kappa shape index (κ2) is 8.68. The quantitative estimate of drug-likeness (QED) is 0.584. The highest BCUT2D eigenvalue weighted by Crippen LogP contribution is 2.36. The summed E-state index contributed by atoms with van der Waals surface area (Å²) < 4.78 is 1.78. The van der Waals surface area contributed by atoms with Crippen molar-refractivity contribution in [1.82, 2.24) is 14.8 Å². The lowest BCUT2D eigenvalue weighted by molar-refractivity contribution is 0.102. The van der Waals surface area contributed by atoms with Crippen LogP contribution in [0.1, 0.15) is 49.2 Å². The van der Waals surface area contributed by atoms with E-state index in [-0.39, 0.29) is 5.91 Å². The Hall–Kier alpha value is -2.54. The molecule has 6 nitrogen and oxygen atoms in total. The van der Waals surface area contributed by atoms with Gasteiger partial charge in [-0.1, -0.05) is 26.0 Å². The number of carbonyl (C=O) groups is 1. The average molecular weight is 424 g/mol. The number of para-hydroxylation sites is 2. The molecule has 3 heterocycles. The lowest BCUT2D eigenvalue weighted by Gasteiger charge is -2.30. The minimum atomic E-state index is -0.125. The molecule has 0 atom stereocenters. The van der Waals surface area contributed by atoms with Gasteiger partial charge >= 0.3 is 0 Å². The molecular weight excluding hydrogens is 394 g/mol. The van der Waals surface area contributed by atoms with Crippen LogP contribution in [0.15, 0.2) is 35.4 Å². The van der Waals surface area contributed by atoms with Gasteiger partial charge in [-0.2, -0.15) is 5.10 Å². The molecule has 0 unspecified atom stereocenters. The van der Waals surface area contributed by atoms with Crippen LogP contribution in [0, 0.1) is 6.92 Å². The number of carbonyl (C=O) groups excluding carboxylic acids is 1. The van der Waals surface area contributed by atoms with E-state index in [0.717, 1.165) is 46.1 Å². The Labute approximate surface area is 182 Å². The number of aryl methyl sites for hydroxylation is 2. The second-order valence-electron chi connectivity index (χ2n) is 8.09. The van der Waals surface area contributed by atoms with E-state index in [2.05, 4.69) is 40.2 Å². The molecule has 1 saturated heterocycles. The summed E-state index contributed by atoms with van der Waals surface area (Å²) in [6.45, 7) is 8.31. The van der Waals surface area contributed by atoms with Crippen molar-refractivity contribution < 1.29 is 4.79 Å². The molecule has 0 saturated carbocycles. The summed E-state index contributed by atoms with van der Waals surface area (Å²) in [5.41, 5.74) is 4.25. The Kier molecular flexibility index (Phi) is 5.99. The Morgan fingerprint density at radius 1 is 1.17 bits per heavy atom. The van der Waals surface area contributed by atoms with Crippen molar-refractivity contribution >= 4 is 40.1 Å². The van der Waals surface area contributed by atoms with Gasteiger partial charge in [-0.3, -0.25) is 9.48 Å². The molecule has 158 valence electrons. The van der Waals surface area contributed by atoms with E-state index in [4.69, 9.17) is 0 Å². The number of pyridine rings is 1. The molecule has 30 heavy (non-hydrogen) atoms. The molecule has 1 amide bonds. The Morgan fingerprint density at radius 2 is 1.90 bits per heavy atom. The third-order valence-electron chi connectivity index (χ3n) is 5.43. The van der Waals surface area contributed by atoms with E-state index in [1.165, 1.54) is 19.3 Å². The monoisotopic (exact) mass is 423 g/mol. The van der Waals surface area contributed by atoms with E-state index in [1.807, 2.05) is 32.2 Å². The highest BCUT2D eigenvalue weighted by molar-refractivity contribution is 8.00. The maximum Gasteiger partial charge on any atom is 0.258 e. The molecular formula is C23H29N5OS. The SMILES string of the molecule is Cc1nn(C)c2ncc(C(=O)Nc3ccccc3N3CCCCC3)c(SC(C)C)c12. The van der Waals surface area contributed by atoms with Crippen LogP contribution < -0.4 is 10.2 Å². The van der Waals surface area contributed by atoms with Gasteiger partial charge in [-0.25, -0.2) is 4.98 Å². The fraction of sp³-hybridized carbons (Fsp3) is 0.435. The Morgan fingerprint density at radius 3 is 2.63 bits per heavy atom. The zero-order valence-electron chi connectivity index (χ0n) is 18.1. The minimum Gasteiger partial charge on any atom is -0.370 e. The van der Waals surface area contributed by atoms with Crippen LogP contribution in [0.25, 0.3) is 11.0 Å². The van der Waals surface area contributed by atoms with E-state index >= 15 is 0 Å². The maximum absolute atomic E-state index is 13.4. The lowest BCUT2D eigenvalue weighted by atomic mass is 10.1. The summed E-state index contributed by atoms with van der Waals surface area (Å²) in [6, 6.07) is 8.08. The Bertz CT molecular complexity index is 1070. The summed E-state index contributed by atoms with van der Waals surface area (Å²) in [6.07, 6.45) is 5.35. The summed E-state index contributed by atoms with van der Waals surface area (Å²) in [7, 11) is 1.89. The number of fused-ring (bicyclic) bond motifs is 1. The van der Waals surface area contributed by atoms with Gasteiger partial charge in [0.25, 0.3) is 5.91 Å². The highest BCUT2D eigenvalue weighted by atomic mass is 32.2. The molecule has 3 aromatic rings. The van der Waals surface area contributed by atoms with Crippen LogP contribution in [-0.4, -0.2) is 39.0 Å². The van der Waals surface area contributed by atoms with Gasteiger partial charge in [0.15, 0.2) is 5.65 Å². The van der Waals surface area contributed by atoms with Crippen LogP contribution in [0.3, 0.4) is 0 Å². The van der Waals surface area contributed by atoms with Gasteiger partial charge in [0.2, 0.25) is 0 Å². The first-order chi connectivity index (χ1) is 14.5. The molecule has 0 radical (unpaired) electrons. The van der Waals surface area contributed by atoms with E-state index in [9.17, 15) is 4.79 Å². The van der Waals surface area contributed by atoms with Crippen molar-refractivity contribution in [3.63, 3.8) is 0 Å². The largest absolute Gasteiger partial charge is 0.370 e. The predicted molar refractivity (Wildman–Crippen MR) is 125 cm³/mol. The zero-order valence-corrected chi connectivity index (χ0v) is 18.9. The molecule has 1 aliphatic rings. The smallest absolute Gasteiger partial charge is 0.258 e. The van der Waals surface area contributed by atoms with Gasteiger partial charge < -0.3 is 10.2 Å². The number of aromatic nitrogens is 3. The lowest BCUT2D eigenvalue weighted by Crippen LogP contribution is -2.30. The predicted octanol–water partition coefficient (Wildman–Crippen LogP) is 5.02. The molecule has 2 aromatic heterocycles. The molecule has 0 spiro atoms. The summed E-state index contributed by atoms with van der Waals surface area (Å²) >= 11 is 1.69. The molecule has 7 heteroatoms. The van der Waals surface area contributed by atoms with E-state index in [0.29, 0.717) is 10.8 Å². The third-order valence-corrected chi connectivity index (χ3v) is 6.56. The Balaban J connectivity index is 1.71. The molecule has 1 N–H and O–H groups in total. The van der Waals surface area contributed by atoms with Gasteiger partial charge in [0.05, 0.1) is 28.0 Å². The van der Waals surface area contributed by atoms with Gasteiger partial charge in [0, 0.05) is 36.5 Å². The number of nitrogens with one attached hydrogen (secondary N) is 1. The first-order valence-electron chi connectivity index (χ1n) is 10.6. The highest BCUT2D eigenvalue weighted by Gasteiger charge is 2.22. The van der Waals surface area contributed by atoms with Crippen molar-refractivity contribution in [2.75, 3.05) is 23.3 Å². The van der Waals surface area contributed by atoms with Gasteiger partial charge in [0.1, 0.15) is 0 Å². The number of rotatable bonds is 5. The number of hydrogen-bond acceptors (Lipinski definition) is 5. The van der Waals surface area contributed by atoms with Crippen molar-refractivity contribution in [1.29, 1.82) is 0 Å². The minimum absolute atomic E-state index is 0.125.